The predicted molar refractivity (Wildman–Crippen MR) is 51.4 cm³/mol. The maximum atomic E-state index is 9.28. The number of benzene rings is 1. The standard InChI is InChI=1S/C10H15NO2/c11-5-1-2-8-3-4-10(13)9(6-8)7-12/h3-4,6,12-13H,1-2,5,7,11H2. The second kappa shape index (κ2) is 4.84. The van der Waals surface area contributed by atoms with Crippen LogP contribution in [0.4, 0.5) is 0 Å². The molecule has 0 unspecified atom stereocenters. The van der Waals surface area contributed by atoms with E-state index in [-0.39, 0.29) is 12.4 Å². The zero-order valence-electron chi connectivity index (χ0n) is 7.53. The highest BCUT2D eigenvalue weighted by Crippen LogP contribution is 2.18. The Hall–Kier alpha value is -1.06. The number of aromatic hydroxyl groups is 1. The van der Waals surface area contributed by atoms with Crippen LogP contribution in [0.1, 0.15) is 17.5 Å². The Morgan fingerprint density at radius 3 is 2.69 bits per heavy atom. The summed E-state index contributed by atoms with van der Waals surface area (Å²) in [5, 5.41) is 18.2. The number of aliphatic hydroxyl groups excluding tert-OH is 1. The molecule has 0 aliphatic carbocycles. The number of hydrogen-bond acceptors (Lipinski definition) is 3. The first-order chi connectivity index (χ1) is 6.27. The summed E-state index contributed by atoms with van der Waals surface area (Å²) >= 11 is 0. The van der Waals surface area contributed by atoms with Gasteiger partial charge in [-0.2, -0.15) is 0 Å². The van der Waals surface area contributed by atoms with Crippen molar-refractivity contribution in [2.45, 2.75) is 19.4 Å². The first-order valence-electron chi connectivity index (χ1n) is 4.39. The van der Waals surface area contributed by atoms with E-state index < -0.39 is 0 Å². The molecule has 13 heavy (non-hydrogen) atoms. The molecule has 0 bridgehead atoms. The van der Waals surface area contributed by atoms with Crippen LogP contribution in [-0.4, -0.2) is 16.8 Å². The van der Waals surface area contributed by atoms with Gasteiger partial charge in [-0.1, -0.05) is 6.07 Å². The van der Waals surface area contributed by atoms with Gasteiger partial charge in [-0.05, 0) is 37.1 Å². The van der Waals surface area contributed by atoms with Gasteiger partial charge < -0.3 is 15.9 Å². The van der Waals surface area contributed by atoms with Crippen molar-refractivity contribution in [1.29, 1.82) is 0 Å². The lowest BCUT2D eigenvalue weighted by Crippen LogP contribution is -2.00. The highest BCUT2D eigenvalue weighted by Gasteiger charge is 2.00. The summed E-state index contributed by atoms with van der Waals surface area (Å²) in [5.41, 5.74) is 7.06. The lowest BCUT2D eigenvalue weighted by molar-refractivity contribution is 0.275. The number of phenols is 1. The van der Waals surface area contributed by atoms with Crippen molar-refractivity contribution in [2.75, 3.05) is 6.54 Å². The van der Waals surface area contributed by atoms with Crippen LogP contribution in [0.2, 0.25) is 0 Å². The van der Waals surface area contributed by atoms with Gasteiger partial charge in [-0.15, -0.1) is 0 Å². The van der Waals surface area contributed by atoms with Gasteiger partial charge in [-0.25, -0.2) is 0 Å². The first-order valence-corrected chi connectivity index (χ1v) is 4.39. The molecule has 1 aromatic rings. The third-order valence-electron chi connectivity index (χ3n) is 1.98. The van der Waals surface area contributed by atoms with E-state index >= 15 is 0 Å². The Morgan fingerprint density at radius 1 is 1.31 bits per heavy atom. The fourth-order valence-corrected chi connectivity index (χ4v) is 1.23. The van der Waals surface area contributed by atoms with Gasteiger partial charge in [0.15, 0.2) is 0 Å². The average Bonchev–Trinajstić information content (AvgIpc) is 2.16. The number of aryl methyl sites for hydroxylation is 1. The molecule has 4 N–H and O–H groups in total. The maximum absolute atomic E-state index is 9.28. The lowest BCUT2D eigenvalue weighted by atomic mass is 10.1. The number of rotatable bonds is 4. The Bertz CT molecular complexity index is 274. The predicted octanol–water partition coefficient (Wildman–Crippen LogP) is 0.776. The summed E-state index contributed by atoms with van der Waals surface area (Å²) in [7, 11) is 0. The molecule has 0 spiro atoms. The molecule has 0 saturated carbocycles. The van der Waals surface area contributed by atoms with Crippen molar-refractivity contribution in [3.05, 3.63) is 29.3 Å². The maximum Gasteiger partial charge on any atom is 0.121 e. The van der Waals surface area contributed by atoms with Crippen molar-refractivity contribution < 1.29 is 10.2 Å². The largest absolute Gasteiger partial charge is 0.508 e. The molecule has 0 aromatic heterocycles. The smallest absolute Gasteiger partial charge is 0.121 e. The molecule has 0 aliphatic heterocycles. The van der Waals surface area contributed by atoms with Gasteiger partial charge >= 0.3 is 0 Å². The molecule has 72 valence electrons. The van der Waals surface area contributed by atoms with Crippen LogP contribution in [0.15, 0.2) is 18.2 Å². The molecule has 1 aromatic carbocycles. The fourth-order valence-electron chi connectivity index (χ4n) is 1.23. The van der Waals surface area contributed by atoms with E-state index in [4.69, 9.17) is 10.8 Å². The molecule has 0 fully saturated rings. The summed E-state index contributed by atoms with van der Waals surface area (Å²) < 4.78 is 0. The van der Waals surface area contributed by atoms with Crippen LogP contribution in [0.25, 0.3) is 0 Å². The topological polar surface area (TPSA) is 66.5 Å². The Morgan fingerprint density at radius 2 is 2.08 bits per heavy atom. The molecule has 3 nitrogen and oxygen atoms in total. The molecule has 0 aliphatic rings. The third-order valence-corrected chi connectivity index (χ3v) is 1.98. The van der Waals surface area contributed by atoms with Gasteiger partial charge in [-0.3, -0.25) is 0 Å². The van der Waals surface area contributed by atoms with E-state index in [1.165, 1.54) is 0 Å². The molecule has 3 heteroatoms. The summed E-state index contributed by atoms with van der Waals surface area (Å²) in [6.45, 7) is 0.539. The second-order valence-electron chi connectivity index (χ2n) is 3.01. The minimum absolute atomic E-state index is 0.123. The van der Waals surface area contributed by atoms with E-state index in [0.29, 0.717) is 12.1 Å². The second-order valence-corrected chi connectivity index (χ2v) is 3.01. The fraction of sp³-hybridized carbons (Fsp3) is 0.400. The third kappa shape index (κ3) is 2.72. The highest BCUT2D eigenvalue weighted by atomic mass is 16.3. The highest BCUT2D eigenvalue weighted by molar-refractivity contribution is 5.35. The van der Waals surface area contributed by atoms with Gasteiger partial charge in [0.25, 0.3) is 0 Å². The molecular formula is C10H15NO2. The summed E-state index contributed by atoms with van der Waals surface area (Å²) in [5.74, 6) is 0.152. The van der Waals surface area contributed by atoms with Crippen LogP contribution < -0.4 is 5.73 Å². The zero-order chi connectivity index (χ0) is 9.68. The Labute approximate surface area is 77.8 Å². The van der Waals surface area contributed by atoms with Crippen molar-refractivity contribution >= 4 is 0 Å². The van der Waals surface area contributed by atoms with E-state index in [2.05, 4.69) is 0 Å². The van der Waals surface area contributed by atoms with Crippen LogP contribution in [0.5, 0.6) is 5.75 Å². The van der Waals surface area contributed by atoms with Gasteiger partial charge in [0.1, 0.15) is 5.75 Å². The van der Waals surface area contributed by atoms with Crippen molar-refractivity contribution in [2.24, 2.45) is 5.73 Å². The van der Waals surface area contributed by atoms with Crippen molar-refractivity contribution in [1.82, 2.24) is 0 Å². The van der Waals surface area contributed by atoms with Crippen LogP contribution in [0, 0.1) is 0 Å². The molecular weight excluding hydrogens is 166 g/mol. The number of aliphatic hydroxyl groups is 1. The van der Waals surface area contributed by atoms with Crippen molar-refractivity contribution in [3.63, 3.8) is 0 Å². The van der Waals surface area contributed by atoms with Crippen LogP contribution >= 0.6 is 0 Å². The first kappa shape index (κ1) is 10.0. The molecule has 0 radical (unpaired) electrons. The summed E-state index contributed by atoms with van der Waals surface area (Å²) in [4.78, 5) is 0. The molecule has 0 amide bonds. The molecule has 0 atom stereocenters. The number of hydrogen-bond donors (Lipinski definition) is 3. The SMILES string of the molecule is NCCCc1ccc(O)c(CO)c1. The minimum atomic E-state index is -0.123. The quantitative estimate of drug-likeness (QED) is 0.643. The molecule has 1 rings (SSSR count). The zero-order valence-corrected chi connectivity index (χ0v) is 7.53. The van der Waals surface area contributed by atoms with Gasteiger partial charge in [0.2, 0.25) is 0 Å². The minimum Gasteiger partial charge on any atom is -0.508 e. The average molecular weight is 181 g/mol. The van der Waals surface area contributed by atoms with Crippen molar-refractivity contribution in [3.8, 4) is 5.75 Å². The van der Waals surface area contributed by atoms with Crippen LogP contribution in [-0.2, 0) is 13.0 Å². The monoisotopic (exact) mass is 181 g/mol. The Balaban J connectivity index is 2.74. The van der Waals surface area contributed by atoms with E-state index in [1.54, 1.807) is 6.07 Å². The van der Waals surface area contributed by atoms with E-state index in [0.717, 1.165) is 18.4 Å². The normalized spacial score (nSPS) is 10.3. The number of nitrogens with two attached hydrogens (primary N) is 1. The van der Waals surface area contributed by atoms with E-state index in [1.807, 2.05) is 12.1 Å². The van der Waals surface area contributed by atoms with Gasteiger partial charge in [0.05, 0.1) is 6.61 Å². The van der Waals surface area contributed by atoms with E-state index in [9.17, 15) is 5.11 Å². The Kier molecular flexibility index (Phi) is 3.73. The summed E-state index contributed by atoms with van der Waals surface area (Å²) in [6, 6.07) is 5.27. The summed E-state index contributed by atoms with van der Waals surface area (Å²) in [6.07, 6.45) is 1.82. The van der Waals surface area contributed by atoms with Crippen LogP contribution in [0.3, 0.4) is 0 Å². The van der Waals surface area contributed by atoms with Gasteiger partial charge in [0, 0.05) is 5.56 Å². The molecule has 0 saturated heterocycles. The lowest BCUT2D eigenvalue weighted by Gasteiger charge is -2.04. The molecule has 0 heterocycles.